The fourth-order valence-electron chi connectivity index (χ4n) is 1.76. The molecule has 0 saturated carbocycles. The highest BCUT2D eigenvalue weighted by atomic mass is 79.9. The fourth-order valence-corrected chi connectivity index (χ4v) is 2.24. The molecule has 0 aliphatic rings. The van der Waals surface area contributed by atoms with Gasteiger partial charge < -0.3 is 11.1 Å². The van der Waals surface area contributed by atoms with Gasteiger partial charge >= 0.3 is 6.18 Å². The number of anilines is 2. The lowest BCUT2D eigenvalue weighted by atomic mass is 10.1. The molecule has 2 rings (SSSR count). The van der Waals surface area contributed by atoms with Crippen LogP contribution in [0.5, 0.6) is 0 Å². The molecule has 0 aliphatic carbocycles. The summed E-state index contributed by atoms with van der Waals surface area (Å²) >= 11 is 3.15. The first-order chi connectivity index (χ1) is 9.41. The lowest BCUT2D eigenvalue weighted by Gasteiger charge is -2.14. The van der Waals surface area contributed by atoms with E-state index in [-0.39, 0.29) is 0 Å². The maximum Gasteiger partial charge on any atom is 0.416 e. The average Bonchev–Trinajstić information content (AvgIpc) is 2.40. The van der Waals surface area contributed by atoms with Crippen LogP contribution in [0.25, 0.3) is 0 Å². The Morgan fingerprint density at radius 3 is 2.35 bits per heavy atom. The highest BCUT2D eigenvalue weighted by Crippen LogP contribution is 2.35. The van der Waals surface area contributed by atoms with E-state index in [1.165, 1.54) is 6.07 Å². The normalized spacial score (nSPS) is 11.4. The van der Waals surface area contributed by atoms with Crippen LogP contribution in [0.2, 0.25) is 0 Å². The topological polar surface area (TPSA) is 38.0 Å². The molecule has 0 spiro atoms. The lowest BCUT2D eigenvalue weighted by molar-refractivity contribution is -0.137. The lowest BCUT2D eigenvalue weighted by Crippen LogP contribution is -2.06. The van der Waals surface area contributed by atoms with E-state index in [4.69, 9.17) is 5.73 Å². The maximum absolute atomic E-state index is 12.6. The molecule has 0 bridgehead atoms. The minimum Gasteiger partial charge on any atom is -0.354 e. The van der Waals surface area contributed by atoms with Gasteiger partial charge in [0, 0.05) is 16.7 Å². The Morgan fingerprint density at radius 1 is 1.05 bits per heavy atom. The number of rotatable bonds is 3. The summed E-state index contributed by atoms with van der Waals surface area (Å²) in [7, 11) is 0. The van der Waals surface area contributed by atoms with E-state index in [0.717, 1.165) is 23.4 Å². The minimum atomic E-state index is -4.35. The number of hydrogen-bond donors (Lipinski definition) is 2. The number of halogens is 4. The Hall–Kier alpha value is -1.53. The SMILES string of the molecule is NCc1ccccc1Nc1ccc(C(F)(F)F)cc1Br. The molecule has 0 radical (unpaired) electrons. The molecule has 0 amide bonds. The number of alkyl halides is 3. The van der Waals surface area contributed by atoms with Gasteiger partial charge in [0.2, 0.25) is 0 Å². The van der Waals surface area contributed by atoms with Gasteiger partial charge in [-0.2, -0.15) is 13.2 Å². The van der Waals surface area contributed by atoms with Crippen LogP contribution in [-0.4, -0.2) is 0 Å². The molecule has 0 heterocycles. The molecule has 0 aliphatic heterocycles. The van der Waals surface area contributed by atoms with Gasteiger partial charge in [0.1, 0.15) is 0 Å². The van der Waals surface area contributed by atoms with Crippen LogP contribution in [-0.2, 0) is 12.7 Å². The van der Waals surface area contributed by atoms with Crippen molar-refractivity contribution in [3.05, 3.63) is 58.1 Å². The molecule has 20 heavy (non-hydrogen) atoms. The Labute approximate surface area is 122 Å². The first kappa shape index (κ1) is 14.9. The minimum absolute atomic E-state index is 0.346. The van der Waals surface area contributed by atoms with Crippen molar-refractivity contribution < 1.29 is 13.2 Å². The number of para-hydroxylation sites is 1. The second-order valence-corrected chi connectivity index (χ2v) is 5.03. The van der Waals surface area contributed by atoms with Crippen molar-refractivity contribution >= 4 is 27.3 Å². The van der Waals surface area contributed by atoms with E-state index in [0.29, 0.717) is 16.7 Å². The van der Waals surface area contributed by atoms with Gasteiger partial charge in [0.15, 0.2) is 0 Å². The molecular weight excluding hydrogens is 333 g/mol. The zero-order chi connectivity index (χ0) is 14.8. The van der Waals surface area contributed by atoms with Gasteiger partial charge in [-0.25, -0.2) is 0 Å². The first-order valence-electron chi connectivity index (χ1n) is 5.83. The van der Waals surface area contributed by atoms with Gasteiger partial charge in [-0.3, -0.25) is 0 Å². The van der Waals surface area contributed by atoms with E-state index in [1.807, 2.05) is 24.3 Å². The predicted molar refractivity (Wildman–Crippen MR) is 76.8 cm³/mol. The highest BCUT2D eigenvalue weighted by Gasteiger charge is 2.30. The van der Waals surface area contributed by atoms with Crippen molar-refractivity contribution in [2.24, 2.45) is 5.73 Å². The third-order valence-corrected chi connectivity index (χ3v) is 3.46. The number of nitrogens with two attached hydrogens (primary N) is 1. The maximum atomic E-state index is 12.6. The predicted octanol–water partition coefficient (Wildman–Crippen LogP) is 4.67. The largest absolute Gasteiger partial charge is 0.416 e. The second-order valence-electron chi connectivity index (χ2n) is 4.18. The van der Waals surface area contributed by atoms with Crippen LogP contribution in [0.15, 0.2) is 46.9 Å². The summed E-state index contributed by atoms with van der Waals surface area (Å²) in [5, 5.41) is 3.08. The molecule has 0 atom stereocenters. The van der Waals surface area contributed by atoms with Crippen LogP contribution < -0.4 is 11.1 Å². The van der Waals surface area contributed by atoms with Crippen molar-refractivity contribution in [2.75, 3.05) is 5.32 Å². The molecule has 6 heteroatoms. The Bertz CT molecular complexity index is 612. The van der Waals surface area contributed by atoms with Gasteiger partial charge in [0.05, 0.1) is 11.3 Å². The molecule has 3 N–H and O–H groups in total. The quantitative estimate of drug-likeness (QED) is 0.848. The van der Waals surface area contributed by atoms with Gasteiger partial charge in [0.25, 0.3) is 0 Å². The summed E-state index contributed by atoms with van der Waals surface area (Å²) in [6.45, 7) is 0.349. The van der Waals surface area contributed by atoms with Crippen LogP contribution in [0, 0.1) is 0 Å². The first-order valence-corrected chi connectivity index (χ1v) is 6.63. The Morgan fingerprint density at radius 2 is 1.75 bits per heavy atom. The van der Waals surface area contributed by atoms with Crippen molar-refractivity contribution in [1.82, 2.24) is 0 Å². The van der Waals surface area contributed by atoms with Crippen LogP contribution in [0.3, 0.4) is 0 Å². The summed E-state index contributed by atoms with van der Waals surface area (Å²) in [5.74, 6) is 0. The summed E-state index contributed by atoms with van der Waals surface area (Å²) < 4.78 is 38.1. The molecule has 2 aromatic carbocycles. The number of hydrogen-bond acceptors (Lipinski definition) is 2. The van der Waals surface area contributed by atoms with E-state index in [2.05, 4.69) is 21.2 Å². The molecule has 2 aromatic rings. The average molecular weight is 345 g/mol. The van der Waals surface area contributed by atoms with Gasteiger partial charge in [-0.1, -0.05) is 18.2 Å². The zero-order valence-corrected chi connectivity index (χ0v) is 11.9. The Kier molecular flexibility index (Phi) is 4.35. The molecule has 0 fully saturated rings. The molecule has 106 valence electrons. The third-order valence-electron chi connectivity index (χ3n) is 2.80. The number of benzene rings is 2. The summed E-state index contributed by atoms with van der Waals surface area (Å²) in [6, 6.07) is 10.9. The third kappa shape index (κ3) is 3.32. The van der Waals surface area contributed by atoms with E-state index in [1.54, 1.807) is 0 Å². The van der Waals surface area contributed by atoms with Crippen molar-refractivity contribution in [3.8, 4) is 0 Å². The molecule has 2 nitrogen and oxygen atoms in total. The van der Waals surface area contributed by atoms with E-state index < -0.39 is 11.7 Å². The van der Waals surface area contributed by atoms with E-state index in [9.17, 15) is 13.2 Å². The summed E-state index contributed by atoms with van der Waals surface area (Å²) in [5.41, 5.74) is 7.15. The second kappa shape index (κ2) is 5.85. The highest BCUT2D eigenvalue weighted by molar-refractivity contribution is 9.10. The summed E-state index contributed by atoms with van der Waals surface area (Å²) in [6.07, 6.45) is -4.35. The molecular formula is C14H12BrF3N2. The van der Waals surface area contributed by atoms with Gasteiger partial charge in [-0.05, 0) is 45.8 Å². The fraction of sp³-hybridized carbons (Fsp3) is 0.143. The van der Waals surface area contributed by atoms with Crippen molar-refractivity contribution in [2.45, 2.75) is 12.7 Å². The summed E-state index contributed by atoms with van der Waals surface area (Å²) in [4.78, 5) is 0. The van der Waals surface area contributed by atoms with Crippen LogP contribution in [0.1, 0.15) is 11.1 Å². The standard InChI is InChI=1S/C14H12BrF3N2/c15-11-7-10(14(16,17)18)5-6-13(11)20-12-4-2-1-3-9(12)8-19/h1-7,20H,8,19H2. The molecule has 0 aromatic heterocycles. The van der Waals surface area contributed by atoms with Gasteiger partial charge in [-0.15, -0.1) is 0 Å². The monoisotopic (exact) mass is 344 g/mol. The molecule has 0 saturated heterocycles. The van der Waals surface area contributed by atoms with E-state index >= 15 is 0 Å². The van der Waals surface area contributed by atoms with Crippen LogP contribution in [0.4, 0.5) is 24.5 Å². The van der Waals surface area contributed by atoms with Crippen molar-refractivity contribution in [1.29, 1.82) is 0 Å². The zero-order valence-electron chi connectivity index (χ0n) is 10.3. The van der Waals surface area contributed by atoms with Crippen LogP contribution >= 0.6 is 15.9 Å². The molecule has 0 unspecified atom stereocenters. The number of nitrogens with one attached hydrogen (secondary N) is 1. The van der Waals surface area contributed by atoms with Crippen molar-refractivity contribution in [3.63, 3.8) is 0 Å². The Balaban J connectivity index is 2.31. The smallest absolute Gasteiger partial charge is 0.354 e.